The molecule has 0 saturated heterocycles. The molecule has 0 spiro atoms. The Morgan fingerprint density at radius 3 is 2.38 bits per heavy atom. The Bertz CT molecular complexity index is 454. The monoisotopic (exact) mass is 289 g/mol. The fourth-order valence-electron chi connectivity index (χ4n) is 2.16. The lowest BCUT2D eigenvalue weighted by Crippen LogP contribution is -2.40. The minimum absolute atomic E-state index is 0.0609. The number of hydrogen-bond donors (Lipinski definition) is 1. The molecule has 0 aliphatic heterocycles. The summed E-state index contributed by atoms with van der Waals surface area (Å²) in [4.78, 5) is 12.0. The summed E-state index contributed by atoms with van der Waals surface area (Å²) in [5.41, 5.74) is 2.06. The molecule has 0 bridgehead atoms. The molecule has 0 saturated carbocycles. The average molecular weight is 289 g/mol. The fourth-order valence-corrected chi connectivity index (χ4v) is 2.16. The van der Waals surface area contributed by atoms with Gasteiger partial charge in [-0.1, -0.05) is 63.3 Å². The Hall–Kier alpha value is -1.77. The van der Waals surface area contributed by atoms with Crippen molar-refractivity contribution in [3.63, 3.8) is 0 Å². The molecule has 21 heavy (non-hydrogen) atoms. The highest BCUT2D eigenvalue weighted by Crippen LogP contribution is 2.19. The predicted octanol–water partition coefficient (Wildman–Crippen LogP) is 4.54. The molecule has 1 aromatic rings. The minimum Gasteiger partial charge on any atom is -0.445 e. The first-order chi connectivity index (χ1) is 9.90. The van der Waals surface area contributed by atoms with Crippen LogP contribution in [0.25, 0.3) is 0 Å². The Balaban J connectivity index is 2.53. The second-order valence-corrected chi connectivity index (χ2v) is 6.08. The molecule has 2 atom stereocenters. The molecule has 116 valence electrons. The standard InChI is InChI=1S/C18H27NO2/c1-13(2)11-17(15(5)14(3)4)19-18(20)21-12-16-9-7-6-8-10-16/h6-10,13,15,17H,3,11-12H2,1-2,4-5H3,(H,19,20)/t15-,17-/m0/s1. The first kappa shape index (κ1) is 17.3. The molecule has 3 nitrogen and oxygen atoms in total. The molecular formula is C18H27NO2. The van der Waals surface area contributed by atoms with Crippen LogP contribution in [0.4, 0.5) is 4.79 Å². The second-order valence-electron chi connectivity index (χ2n) is 6.08. The van der Waals surface area contributed by atoms with Crippen molar-refractivity contribution >= 4 is 6.09 Å². The van der Waals surface area contributed by atoms with Crippen LogP contribution < -0.4 is 5.32 Å². The van der Waals surface area contributed by atoms with Crippen LogP contribution in [0.2, 0.25) is 0 Å². The summed E-state index contributed by atoms with van der Waals surface area (Å²) < 4.78 is 5.29. The van der Waals surface area contributed by atoms with E-state index in [-0.39, 0.29) is 18.1 Å². The summed E-state index contributed by atoms with van der Waals surface area (Å²) in [5, 5.41) is 2.98. The van der Waals surface area contributed by atoms with E-state index in [1.807, 2.05) is 37.3 Å². The van der Waals surface area contributed by atoms with E-state index < -0.39 is 0 Å². The van der Waals surface area contributed by atoms with Crippen molar-refractivity contribution in [1.29, 1.82) is 0 Å². The molecular weight excluding hydrogens is 262 g/mol. The number of nitrogens with one attached hydrogen (secondary N) is 1. The largest absolute Gasteiger partial charge is 0.445 e. The van der Waals surface area contributed by atoms with Crippen molar-refractivity contribution in [2.45, 2.75) is 46.8 Å². The summed E-state index contributed by atoms with van der Waals surface area (Å²) in [5.74, 6) is 0.739. The third-order valence-corrected chi connectivity index (χ3v) is 3.62. The van der Waals surface area contributed by atoms with Crippen LogP contribution in [-0.4, -0.2) is 12.1 Å². The molecule has 0 aromatic heterocycles. The van der Waals surface area contributed by atoms with Gasteiger partial charge in [-0.2, -0.15) is 0 Å². The van der Waals surface area contributed by atoms with Gasteiger partial charge >= 0.3 is 6.09 Å². The van der Waals surface area contributed by atoms with Gasteiger partial charge in [0.25, 0.3) is 0 Å². The lowest BCUT2D eigenvalue weighted by molar-refractivity contribution is 0.131. The number of carbonyl (C=O) groups excluding carboxylic acids is 1. The molecule has 0 aliphatic carbocycles. The molecule has 0 fully saturated rings. The maximum atomic E-state index is 12.0. The van der Waals surface area contributed by atoms with Gasteiger partial charge in [0.15, 0.2) is 0 Å². The van der Waals surface area contributed by atoms with Gasteiger partial charge in [-0.05, 0) is 30.7 Å². The zero-order valence-electron chi connectivity index (χ0n) is 13.6. The fraction of sp³-hybridized carbons (Fsp3) is 0.500. The summed E-state index contributed by atoms with van der Waals surface area (Å²) in [6, 6.07) is 9.75. The Labute approximate surface area is 128 Å². The summed E-state index contributed by atoms with van der Waals surface area (Å²) >= 11 is 0. The van der Waals surface area contributed by atoms with Crippen molar-refractivity contribution in [1.82, 2.24) is 5.32 Å². The van der Waals surface area contributed by atoms with Crippen LogP contribution in [0.15, 0.2) is 42.5 Å². The molecule has 1 amide bonds. The highest BCUT2D eigenvalue weighted by atomic mass is 16.5. The highest BCUT2D eigenvalue weighted by Gasteiger charge is 2.21. The minimum atomic E-state index is -0.363. The van der Waals surface area contributed by atoms with Crippen molar-refractivity contribution in [2.75, 3.05) is 0 Å². The number of hydrogen-bond acceptors (Lipinski definition) is 2. The predicted molar refractivity (Wildman–Crippen MR) is 87.0 cm³/mol. The number of amides is 1. The number of carbonyl (C=O) groups is 1. The van der Waals surface area contributed by atoms with E-state index in [2.05, 4.69) is 32.7 Å². The Kier molecular flexibility index (Phi) is 7.00. The number of rotatable bonds is 7. The van der Waals surface area contributed by atoms with Crippen LogP contribution in [-0.2, 0) is 11.3 Å². The van der Waals surface area contributed by atoms with Gasteiger partial charge in [-0.3, -0.25) is 0 Å². The summed E-state index contributed by atoms with van der Waals surface area (Å²) in [7, 11) is 0. The Morgan fingerprint density at radius 2 is 1.86 bits per heavy atom. The first-order valence-electron chi connectivity index (χ1n) is 7.52. The van der Waals surface area contributed by atoms with Crippen LogP contribution in [0.1, 0.15) is 39.7 Å². The first-order valence-corrected chi connectivity index (χ1v) is 7.52. The van der Waals surface area contributed by atoms with Crippen molar-refractivity contribution < 1.29 is 9.53 Å². The molecule has 0 aliphatic rings. The number of ether oxygens (including phenoxy) is 1. The maximum Gasteiger partial charge on any atom is 0.407 e. The Morgan fingerprint density at radius 1 is 1.24 bits per heavy atom. The van der Waals surface area contributed by atoms with Gasteiger partial charge in [0.05, 0.1) is 0 Å². The van der Waals surface area contributed by atoms with E-state index in [0.29, 0.717) is 12.5 Å². The van der Waals surface area contributed by atoms with Gasteiger partial charge in [0.1, 0.15) is 6.61 Å². The third kappa shape index (κ3) is 6.48. The van der Waals surface area contributed by atoms with E-state index >= 15 is 0 Å². The normalized spacial score (nSPS) is 13.6. The van der Waals surface area contributed by atoms with E-state index in [9.17, 15) is 4.79 Å². The van der Waals surface area contributed by atoms with Crippen LogP contribution >= 0.6 is 0 Å². The topological polar surface area (TPSA) is 38.3 Å². The number of benzene rings is 1. The van der Waals surface area contributed by atoms with Crippen molar-refractivity contribution in [3.05, 3.63) is 48.0 Å². The second kappa shape index (κ2) is 8.50. The third-order valence-electron chi connectivity index (χ3n) is 3.62. The van der Waals surface area contributed by atoms with Gasteiger partial charge in [0, 0.05) is 6.04 Å². The maximum absolute atomic E-state index is 12.0. The molecule has 0 unspecified atom stereocenters. The molecule has 3 heteroatoms. The molecule has 0 radical (unpaired) electrons. The molecule has 1 aromatic carbocycles. The highest BCUT2D eigenvalue weighted by molar-refractivity contribution is 5.67. The number of alkyl carbamates (subject to hydrolysis) is 1. The summed E-state index contributed by atoms with van der Waals surface area (Å²) in [6.07, 6.45) is 0.548. The van der Waals surface area contributed by atoms with E-state index in [1.54, 1.807) is 0 Å². The smallest absolute Gasteiger partial charge is 0.407 e. The van der Waals surface area contributed by atoms with Gasteiger partial charge < -0.3 is 10.1 Å². The van der Waals surface area contributed by atoms with Crippen LogP contribution in [0, 0.1) is 11.8 Å². The van der Waals surface area contributed by atoms with E-state index in [4.69, 9.17) is 4.74 Å². The molecule has 1 N–H and O–H groups in total. The van der Waals surface area contributed by atoms with Crippen LogP contribution in [0.5, 0.6) is 0 Å². The van der Waals surface area contributed by atoms with Gasteiger partial charge in [-0.25, -0.2) is 4.79 Å². The quantitative estimate of drug-likeness (QED) is 0.748. The van der Waals surface area contributed by atoms with Gasteiger partial charge in [-0.15, -0.1) is 0 Å². The van der Waals surface area contributed by atoms with Crippen molar-refractivity contribution in [3.8, 4) is 0 Å². The van der Waals surface area contributed by atoms with Gasteiger partial charge in [0.2, 0.25) is 0 Å². The lowest BCUT2D eigenvalue weighted by Gasteiger charge is -2.26. The van der Waals surface area contributed by atoms with E-state index in [0.717, 1.165) is 17.6 Å². The molecule has 1 rings (SSSR count). The van der Waals surface area contributed by atoms with E-state index in [1.165, 1.54) is 0 Å². The molecule has 0 heterocycles. The lowest BCUT2D eigenvalue weighted by atomic mass is 9.89. The summed E-state index contributed by atoms with van der Waals surface area (Å²) in [6.45, 7) is 12.7. The zero-order chi connectivity index (χ0) is 15.8. The van der Waals surface area contributed by atoms with Crippen molar-refractivity contribution in [2.24, 2.45) is 11.8 Å². The zero-order valence-corrected chi connectivity index (χ0v) is 13.6. The average Bonchev–Trinajstić information content (AvgIpc) is 2.44. The van der Waals surface area contributed by atoms with Crippen LogP contribution in [0.3, 0.4) is 0 Å². The SMILES string of the molecule is C=C(C)[C@H](C)[C@H](CC(C)C)NC(=O)OCc1ccccc1.